The molecule has 16 nitrogen and oxygen atoms in total. The van der Waals surface area contributed by atoms with E-state index in [4.69, 9.17) is 32.3 Å². The van der Waals surface area contributed by atoms with Crippen LogP contribution in [0.2, 0.25) is 0 Å². The molecule has 0 aliphatic carbocycles. The van der Waals surface area contributed by atoms with Crippen molar-refractivity contribution in [2.45, 2.75) is 386 Å². The molecule has 678 valence electrons. The molecule has 0 aromatic heterocycles. The van der Waals surface area contributed by atoms with Crippen LogP contribution in [-0.2, 0) is 55.8 Å². The van der Waals surface area contributed by atoms with E-state index in [-0.39, 0.29) is 19.3 Å². The van der Waals surface area contributed by atoms with E-state index in [0.29, 0.717) is 25.7 Å². The van der Waals surface area contributed by atoms with Gasteiger partial charge in [-0.05, 0) is 154 Å². The Morgan fingerprint density at radius 1 is 0.244 bits per heavy atom. The number of carbonyl (C=O) groups excluding carboxylic acids is 3. The number of carbonyl (C=O) groups is 3. The van der Waals surface area contributed by atoms with Crippen LogP contribution in [0.3, 0.4) is 0 Å². The molecular weight excluding hydrogens is 1530 g/mol. The minimum Gasteiger partial charge on any atom is -0.463 e. The van der Waals surface area contributed by atoms with Gasteiger partial charge in [-0.2, -0.15) is 0 Å². The van der Waals surface area contributed by atoms with Gasteiger partial charge in [0.2, 0.25) is 0 Å². The van der Waals surface area contributed by atoms with Crippen molar-refractivity contribution in [3.8, 4) is 0 Å². The second-order valence-electron chi connectivity index (χ2n) is 30.7. The molecule has 0 amide bonds. The number of aliphatic hydroxyl groups excluding tert-OH is 2. The predicted octanol–water partition coefficient (Wildman–Crippen LogP) is 29.0. The van der Waals surface area contributed by atoms with Crippen molar-refractivity contribution < 1.29 is 75.8 Å². The quantitative estimate of drug-likeness (QED) is 0.0146. The van der Waals surface area contributed by atoms with Crippen LogP contribution in [0.5, 0.6) is 0 Å². The number of unbranched alkanes of at least 4 members (excludes halogenated alkanes) is 32. The molecule has 0 aromatic carbocycles. The fourth-order valence-electron chi connectivity index (χ4n) is 12.3. The number of phosphoric ester groups is 2. The van der Waals surface area contributed by atoms with E-state index in [1.807, 2.05) is 18.2 Å². The van der Waals surface area contributed by atoms with Gasteiger partial charge in [0.1, 0.15) is 25.4 Å². The summed E-state index contributed by atoms with van der Waals surface area (Å²) in [5, 5.41) is 20.7. The van der Waals surface area contributed by atoms with Crippen LogP contribution >= 0.6 is 15.6 Å². The molecule has 0 radical (unpaired) electrons. The topological polar surface area (TPSA) is 231 Å². The second-order valence-corrected chi connectivity index (χ2v) is 33.6. The smallest absolute Gasteiger partial charge is 0.463 e. The zero-order chi connectivity index (χ0) is 86.5. The lowest BCUT2D eigenvalue weighted by molar-refractivity contribution is -0.161. The molecule has 119 heavy (non-hydrogen) atoms. The average Bonchev–Trinajstić information content (AvgIpc) is 0.924. The van der Waals surface area contributed by atoms with E-state index < -0.39 is 91.5 Å². The summed E-state index contributed by atoms with van der Waals surface area (Å²) < 4.78 is 61.4. The first-order valence-electron chi connectivity index (χ1n) is 46.7. The highest BCUT2D eigenvalue weighted by Gasteiger charge is 2.29. The number of allylic oxidation sites excluding steroid dienone is 32. The van der Waals surface area contributed by atoms with Crippen molar-refractivity contribution in [2.24, 2.45) is 0 Å². The summed E-state index contributed by atoms with van der Waals surface area (Å²) in [6.07, 6.45) is 122. The van der Waals surface area contributed by atoms with Crippen LogP contribution in [-0.4, -0.2) is 95.9 Å². The molecule has 0 bridgehead atoms. The molecule has 0 aliphatic heterocycles. The molecule has 0 heterocycles. The Kier molecular flexibility index (Phi) is 87.3. The van der Waals surface area contributed by atoms with Crippen LogP contribution in [0.1, 0.15) is 367 Å². The summed E-state index contributed by atoms with van der Waals surface area (Å²) in [5.74, 6) is -1.67. The van der Waals surface area contributed by atoms with Crippen LogP contribution in [0.15, 0.2) is 194 Å². The predicted molar refractivity (Wildman–Crippen MR) is 500 cm³/mol. The fourth-order valence-corrected chi connectivity index (χ4v) is 13.9. The van der Waals surface area contributed by atoms with Gasteiger partial charge in [0.05, 0.1) is 26.4 Å². The van der Waals surface area contributed by atoms with Crippen molar-refractivity contribution in [1.29, 1.82) is 0 Å². The Morgan fingerprint density at radius 2 is 0.462 bits per heavy atom. The van der Waals surface area contributed by atoms with Crippen molar-refractivity contribution in [1.82, 2.24) is 0 Å². The SMILES string of the molecule is CC/C=C\C/C=C\C/C=C\C/C=C\C/C=C\C/C=C\CCCCCCCCCCCCCCCCCCC(=O)OCC(O)COP(=O)(O)OCC(O)COP(=O)(O)OCC(COC(=O)CCCCCCCCCCCCCCC/C=C\C/C=C\C/C=C\C/C=C\CCCCC)OC(=O)CC/C=C\C/C=C\C/C=C\C/C=C\C/C=C\C/C=C\CC. The Labute approximate surface area is 725 Å². The number of aliphatic hydroxyl groups is 2. The average molecular weight is 1700 g/mol. The zero-order valence-corrected chi connectivity index (χ0v) is 76.5. The minimum atomic E-state index is -4.97. The monoisotopic (exact) mass is 1700 g/mol. The third-order valence-corrected chi connectivity index (χ3v) is 21.2. The van der Waals surface area contributed by atoms with E-state index in [1.54, 1.807) is 0 Å². The summed E-state index contributed by atoms with van der Waals surface area (Å²) >= 11 is 0. The normalized spacial score (nSPS) is 14.6. The molecule has 5 atom stereocenters. The van der Waals surface area contributed by atoms with Gasteiger partial charge in [-0.1, -0.05) is 389 Å². The first kappa shape index (κ1) is 113. The number of hydrogen-bond acceptors (Lipinski definition) is 14. The largest absolute Gasteiger partial charge is 0.472 e. The summed E-state index contributed by atoms with van der Waals surface area (Å²) in [7, 11) is -9.84. The zero-order valence-electron chi connectivity index (χ0n) is 74.7. The molecular formula is C101H168O16P2. The van der Waals surface area contributed by atoms with E-state index in [2.05, 4.69) is 197 Å². The molecule has 5 unspecified atom stereocenters. The van der Waals surface area contributed by atoms with E-state index in [1.165, 1.54) is 161 Å². The molecule has 18 heteroatoms. The summed E-state index contributed by atoms with van der Waals surface area (Å²) in [5.41, 5.74) is 0. The molecule has 0 spiro atoms. The lowest BCUT2D eigenvalue weighted by atomic mass is 10.0. The van der Waals surface area contributed by atoms with Crippen LogP contribution in [0.25, 0.3) is 0 Å². The molecule has 0 aliphatic rings. The van der Waals surface area contributed by atoms with E-state index in [0.717, 1.165) is 141 Å². The molecule has 4 N–H and O–H groups in total. The first-order chi connectivity index (χ1) is 58.2. The van der Waals surface area contributed by atoms with Gasteiger partial charge in [0, 0.05) is 19.3 Å². The van der Waals surface area contributed by atoms with Gasteiger partial charge in [-0.25, -0.2) is 9.13 Å². The first-order valence-corrected chi connectivity index (χ1v) is 49.7. The third kappa shape index (κ3) is 92.9. The lowest BCUT2D eigenvalue weighted by Gasteiger charge is -2.21. The number of rotatable bonds is 87. The maximum atomic E-state index is 13.0. The van der Waals surface area contributed by atoms with Gasteiger partial charge < -0.3 is 34.2 Å². The fraction of sp³-hybridized carbons (Fsp3) is 0.653. The highest BCUT2D eigenvalue weighted by Crippen LogP contribution is 2.45. The summed E-state index contributed by atoms with van der Waals surface area (Å²) in [6.45, 7) is 2.36. The maximum absolute atomic E-state index is 13.0. The molecule has 0 aromatic rings. The Bertz CT molecular complexity index is 2940. The number of esters is 3. The molecule has 0 saturated heterocycles. The lowest BCUT2D eigenvalue weighted by Crippen LogP contribution is -2.29. The number of ether oxygens (including phenoxy) is 3. The van der Waals surface area contributed by atoms with Crippen LogP contribution in [0.4, 0.5) is 0 Å². The number of phosphoric acid groups is 2. The van der Waals surface area contributed by atoms with Gasteiger partial charge in [-0.15, -0.1) is 0 Å². The van der Waals surface area contributed by atoms with Crippen molar-refractivity contribution >= 4 is 33.6 Å². The van der Waals surface area contributed by atoms with Crippen molar-refractivity contribution in [2.75, 3.05) is 39.6 Å². The number of hydrogen-bond donors (Lipinski definition) is 4. The van der Waals surface area contributed by atoms with Crippen LogP contribution < -0.4 is 0 Å². The van der Waals surface area contributed by atoms with E-state index in [9.17, 15) is 43.5 Å². The molecule has 0 saturated carbocycles. The Morgan fingerprint density at radius 3 is 0.739 bits per heavy atom. The highest BCUT2D eigenvalue weighted by atomic mass is 31.2. The standard InChI is InChI=1S/C101H168O16P2/c1-4-7-10-13-16-19-22-25-28-31-34-36-38-40-42-44-45-46-47-48-49-51-53-54-56-58-61-63-66-69-72-75-78-81-84-87-99(104)111-90-96(102)91-113-118(107,108)114-92-97(103)93-115-119(109,110)116-95-98(117-101(106)89-86-83-80-77-74-71-68-65-60-33-30-27-24-21-18-15-12-9-6-3)94-112-100(105)88-85-82-79-76-73-70-67-64-62-59-57-55-52-50-43-41-39-37-35-32-29-26-23-20-17-14-11-8-5-2/h7,9-10,12,16-21,25-30,34-37,40-43,45-46,60,65,71,74,80,83,96-98,102-103H,4-6,8,11,13-15,22-24,31-33,38-39,44,47-59,61-64,66-70,72-73,75-79,81-82,84-95H2,1-3H3,(H,107,108)(H,109,110)/b10-7-,12-9-,19-16-,20-17-,21-18-,28-25-,29-26-,30-27-,36-34-,37-35-,42-40-,43-41-,46-45-,65-60-,74-71-,83-80-. The van der Waals surface area contributed by atoms with Crippen molar-refractivity contribution in [3.63, 3.8) is 0 Å². The van der Waals surface area contributed by atoms with Gasteiger partial charge in [0.15, 0.2) is 6.10 Å². The van der Waals surface area contributed by atoms with Gasteiger partial charge >= 0.3 is 33.6 Å². The highest BCUT2D eigenvalue weighted by molar-refractivity contribution is 7.47. The molecule has 0 rings (SSSR count). The Balaban J connectivity index is 4.56. The van der Waals surface area contributed by atoms with Gasteiger partial charge in [0.25, 0.3) is 0 Å². The second kappa shape index (κ2) is 91.6. The third-order valence-electron chi connectivity index (χ3n) is 19.3. The van der Waals surface area contributed by atoms with Crippen LogP contribution in [0, 0.1) is 0 Å². The van der Waals surface area contributed by atoms with Gasteiger partial charge in [-0.3, -0.25) is 32.5 Å². The molecule has 0 fully saturated rings. The van der Waals surface area contributed by atoms with E-state index >= 15 is 0 Å². The summed E-state index contributed by atoms with van der Waals surface area (Å²) in [4.78, 5) is 58.9. The Hall–Kier alpha value is -5.61. The minimum absolute atomic E-state index is 0.0257. The summed E-state index contributed by atoms with van der Waals surface area (Å²) in [6, 6.07) is 0. The van der Waals surface area contributed by atoms with Crippen molar-refractivity contribution in [3.05, 3.63) is 194 Å². The maximum Gasteiger partial charge on any atom is 0.472 e.